The van der Waals surface area contributed by atoms with E-state index < -0.39 is 11.9 Å². The average Bonchev–Trinajstić information content (AvgIpc) is 3.04. The zero-order valence-electron chi connectivity index (χ0n) is 19.8. The van der Waals surface area contributed by atoms with Crippen molar-refractivity contribution < 1.29 is 19.1 Å². The van der Waals surface area contributed by atoms with Crippen LogP contribution in [-0.4, -0.2) is 46.6 Å². The summed E-state index contributed by atoms with van der Waals surface area (Å²) in [7, 11) is 3.34. The van der Waals surface area contributed by atoms with Crippen molar-refractivity contribution in [3.63, 3.8) is 0 Å². The summed E-state index contributed by atoms with van der Waals surface area (Å²) >= 11 is 0. The highest BCUT2D eigenvalue weighted by Gasteiger charge is 2.31. The SMILES string of the molecule is CNC(=O)CC[C@H](C)[C@@H](C)OCCCc1ccc2c(c1)n(C)c(=O)n2C1CCC(=O)NC1=O. The van der Waals surface area contributed by atoms with Crippen molar-refractivity contribution in [3.05, 3.63) is 34.2 Å². The highest BCUT2D eigenvalue weighted by molar-refractivity contribution is 6.00. The largest absolute Gasteiger partial charge is 0.378 e. The molecule has 3 atom stereocenters. The van der Waals surface area contributed by atoms with Crippen LogP contribution in [0, 0.1) is 5.92 Å². The topological polar surface area (TPSA) is 111 Å². The molecule has 33 heavy (non-hydrogen) atoms. The average molecular weight is 459 g/mol. The fourth-order valence-corrected chi connectivity index (χ4v) is 4.22. The first-order valence-electron chi connectivity index (χ1n) is 11.6. The minimum absolute atomic E-state index is 0.0466. The zero-order chi connectivity index (χ0) is 24.1. The number of amides is 3. The first kappa shape index (κ1) is 24.7. The maximum absolute atomic E-state index is 12.9. The van der Waals surface area contributed by atoms with Crippen LogP contribution < -0.4 is 16.3 Å². The standard InChI is InChI=1S/C24H34N4O5/c1-15(7-11-21(29)25-3)16(2)33-13-5-6-17-8-9-18-20(14-17)27(4)24(32)28(18)19-10-12-22(30)26-23(19)31/h8-9,14-16,19H,5-7,10-13H2,1-4H3,(H,25,29)(H,26,30,31)/t15-,16+,19?/m0/s1. The molecule has 1 aliphatic rings. The lowest BCUT2D eigenvalue weighted by atomic mass is 10.00. The number of hydrogen-bond acceptors (Lipinski definition) is 5. The van der Waals surface area contributed by atoms with Gasteiger partial charge < -0.3 is 10.1 Å². The Kier molecular flexibility index (Phi) is 8.07. The van der Waals surface area contributed by atoms with Crippen LogP contribution in [0.2, 0.25) is 0 Å². The molecule has 3 rings (SSSR count). The van der Waals surface area contributed by atoms with Gasteiger partial charge in [-0.2, -0.15) is 0 Å². The van der Waals surface area contributed by atoms with E-state index >= 15 is 0 Å². The van der Waals surface area contributed by atoms with Gasteiger partial charge in [0, 0.05) is 33.5 Å². The lowest BCUT2D eigenvalue weighted by Crippen LogP contribution is -2.44. The van der Waals surface area contributed by atoms with Crippen LogP contribution >= 0.6 is 0 Å². The van der Waals surface area contributed by atoms with Gasteiger partial charge in [0.1, 0.15) is 6.04 Å². The van der Waals surface area contributed by atoms with Gasteiger partial charge in [0.15, 0.2) is 0 Å². The molecule has 1 fully saturated rings. The van der Waals surface area contributed by atoms with Gasteiger partial charge in [0.05, 0.1) is 17.1 Å². The number of nitrogens with zero attached hydrogens (tertiary/aromatic N) is 2. The first-order chi connectivity index (χ1) is 15.7. The number of imide groups is 1. The highest BCUT2D eigenvalue weighted by Crippen LogP contribution is 2.24. The molecule has 1 aromatic heterocycles. The third-order valence-corrected chi connectivity index (χ3v) is 6.57. The van der Waals surface area contributed by atoms with Crippen molar-refractivity contribution in [1.82, 2.24) is 19.8 Å². The van der Waals surface area contributed by atoms with Gasteiger partial charge in [-0.05, 0) is 56.2 Å². The molecule has 1 saturated heterocycles. The lowest BCUT2D eigenvalue weighted by molar-refractivity contribution is -0.135. The van der Waals surface area contributed by atoms with Gasteiger partial charge in [-0.1, -0.05) is 13.0 Å². The van der Waals surface area contributed by atoms with Crippen molar-refractivity contribution in [3.8, 4) is 0 Å². The maximum atomic E-state index is 12.9. The van der Waals surface area contributed by atoms with E-state index in [4.69, 9.17) is 4.74 Å². The number of ether oxygens (including phenoxy) is 1. The van der Waals surface area contributed by atoms with Crippen LogP contribution in [0.5, 0.6) is 0 Å². The van der Waals surface area contributed by atoms with Crippen molar-refractivity contribution in [1.29, 1.82) is 0 Å². The summed E-state index contributed by atoms with van der Waals surface area (Å²) in [4.78, 5) is 48.0. The summed E-state index contributed by atoms with van der Waals surface area (Å²) in [6.45, 7) is 4.74. The number of fused-ring (bicyclic) bond motifs is 1. The van der Waals surface area contributed by atoms with Crippen LogP contribution in [0.15, 0.2) is 23.0 Å². The Morgan fingerprint density at radius 1 is 1.24 bits per heavy atom. The summed E-state index contributed by atoms with van der Waals surface area (Å²) in [6.07, 6.45) is 3.54. The number of imidazole rings is 1. The number of carbonyl (C=O) groups excluding carboxylic acids is 3. The number of benzene rings is 1. The van der Waals surface area contributed by atoms with E-state index in [2.05, 4.69) is 17.6 Å². The molecule has 9 nitrogen and oxygen atoms in total. The second-order valence-corrected chi connectivity index (χ2v) is 8.87. The molecule has 3 amide bonds. The van der Waals surface area contributed by atoms with Gasteiger partial charge in [0.25, 0.3) is 0 Å². The molecule has 2 heterocycles. The molecular weight excluding hydrogens is 424 g/mol. The number of aromatic nitrogens is 2. The number of nitrogens with one attached hydrogen (secondary N) is 2. The van der Waals surface area contributed by atoms with Crippen LogP contribution in [0.25, 0.3) is 11.0 Å². The Hall–Kier alpha value is -2.94. The molecule has 0 radical (unpaired) electrons. The van der Waals surface area contributed by atoms with E-state index in [1.54, 1.807) is 18.7 Å². The van der Waals surface area contributed by atoms with Crippen molar-refractivity contribution in [2.75, 3.05) is 13.7 Å². The summed E-state index contributed by atoms with van der Waals surface area (Å²) < 4.78 is 9.01. The monoisotopic (exact) mass is 458 g/mol. The number of aryl methyl sites for hydroxylation is 2. The maximum Gasteiger partial charge on any atom is 0.329 e. The van der Waals surface area contributed by atoms with Gasteiger partial charge >= 0.3 is 5.69 Å². The smallest absolute Gasteiger partial charge is 0.329 e. The van der Waals surface area contributed by atoms with Gasteiger partial charge in [-0.25, -0.2) is 4.79 Å². The zero-order valence-corrected chi connectivity index (χ0v) is 19.8. The number of piperidine rings is 1. The molecule has 1 aliphatic heterocycles. The Balaban J connectivity index is 1.60. The summed E-state index contributed by atoms with van der Waals surface area (Å²) in [6, 6.07) is 5.15. The van der Waals surface area contributed by atoms with Gasteiger partial charge in [-0.3, -0.25) is 28.8 Å². The van der Waals surface area contributed by atoms with E-state index in [1.165, 1.54) is 4.57 Å². The lowest BCUT2D eigenvalue weighted by Gasteiger charge is -2.22. The van der Waals surface area contributed by atoms with Crippen molar-refractivity contribution >= 4 is 28.8 Å². The quantitative estimate of drug-likeness (QED) is 0.417. The Morgan fingerprint density at radius 2 is 2.00 bits per heavy atom. The van der Waals surface area contributed by atoms with E-state index in [9.17, 15) is 19.2 Å². The van der Waals surface area contributed by atoms with E-state index in [1.807, 2.05) is 25.1 Å². The van der Waals surface area contributed by atoms with Crippen molar-refractivity contribution in [2.45, 2.75) is 64.5 Å². The molecule has 1 unspecified atom stereocenters. The van der Waals surface area contributed by atoms with E-state index in [0.29, 0.717) is 30.9 Å². The fraction of sp³-hybridized carbons (Fsp3) is 0.583. The predicted molar refractivity (Wildman–Crippen MR) is 125 cm³/mol. The number of rotatable bonds is 10. The minimum Gasteiger partial charge on any atom is -0.378 e. The van der Waals surface area contributed by atoms with E-state index in [0.717, 1.165) is 30.3 Å². The summed E-state index contributed by atoms with van der Waals surface area (Å²) in [5, 5.41) is 4.97. The molecule has 2 N–H and O–H groups in total. The van der Waals surface area contributed by atoms with Crippen LogP contribution in [0.1, 0.15) is 57.6 Å². The molecule has 0 spiro atoms. The van der Waals surface area contributed by atoms with Gasteiger partial charge in [-0.15, -0.1) is 0 Å². The van der Waals surface area contributed by atoms with Crippen LogP contribution in [0.4, 0.5) is 0 Å². The predicted octanol–water partition coefficient (Wildman–Crippen LogP) is 1.82. The molecule has 2 aromatic rings. The molecule has 180 valence electrons. The Morgan fingerprint density at radius 3 is 2.70 bits per heavy atom. The normalized spacial score (nSPS) is 18.2. The third-order valence-electron chi connectivity index (χ3n) is 6.57. The third kappa shape index (κ3) is 5.71. The molecular formula is C24H34N4O5. The highest BCUT2D eigenvalue weighted by atomic mass is 16.5. The molecule has 1 aromatic carbocycles. The van der Waals surface area contributed by atoms with E-state index in [-0.39, 0.29) is 30.0 Å². The molecule has 9 heteroatoms. The fourth-order valence-electron chi connectivity index (χ4n) is 4.22. The Labute approximate surface area is 193 Å². The number of hydrogen-bond donors (Lipinski definition) is 2. The first-order valence-corrected chi connectivity index (χ1v) is 11.6. The molecule has 0 aliphatic carbocycles. The molecule has 0 saturated carbocycles. The van der Waals surface area contributed by atoms with Gasteiger partial charge in [0.2, 0.25) is 17.7 Å². The van der Waals surface area contributed by atoms with Crippen LogP contribution in [0.3, 0.4) is 0 Å². The Bertz CT molecular complexity index is 1090. The number of carbonyl (C=O) groups is 3. The minimum atomic E-state index is -0.676. The second-order valence-electron chi connectivity index (χ2n) is 8.87. The summed E-state index contributed by atoms with van der Waals surface area (Å²) in [5.41, 5.74) is 2.27. The van der Waals surface area contributed by atoms with Crippen LogP contribution in [-0.2, 0) is 32.6 Å². The van der Waals surface area contributed by atoms with Crippen molar-refractivity contribution in [2.24, 2.45) is 13.0 Å². The summed E-state index contributed by atoms with van der Waals surface area (Å²) in [5.74, 6) is -0.393. The molecule has 0 bridgehead atoms. The second kappa shape index (κ2) is 10.8.